The third kappa shape index (κ3) is 2.22. The Kier molecular flexibility index (Phi) is 3.25. The first-order chi connectivity index (χ1) is 10.8. The number of aromatic nitrogens is 3. The molecule has 5 heteroatoms. The fraction of sp³-hybridized carbons (Fsp3) is 0.294. The highest BCUT2D eigenvalue weighted by Crippen LogP contribution is 2.33. The van der Waals surface area contributed by atoms with Gasteiger partial charge >= 0.3 is 0 Å². The summed E-state index contributed by atoms with van der Waals surface area (Å²) < 4.78 is 14.0. The van der Waals surface area contributed by atoms with Gasteiger partial charge in [-0.1, -0.05) is 0 Å². The van der Waals surface area contributed by atoms with Crippen molar-refractivity contribution in [1.82, 2.24) is 15.0 Å². The van der Waals surface area contributed by atoms with Crippen LogP contribution in [0.1, 0.15) is 24.3 Å². The van der Waals surface area contributed by atoms with Crippen LogP contribution >= 0.6 is 0 Å². The van der Waals surface area contributed by atoms with Gasteiger partial charge in [0.1, 0.15) is 5.65 Å². The maximum absolute atomic E-state index is 14.0. The van der Waals surface area contributed by atoms with Crippen molar-refractivity contribution in [2.24, 2.45) is 0 Å². The van der Waals surface area contributed by atoms with Crippen molar-refractivity contribution < 1.29 is 4.39 Å². The van der Waals surface area contributed by atoms with Crippen LogP contribution < -0.4 is 4.90 Å². The van der Waals surface area contributed by atoms with Crippen LogP contribution in [-0.2, 0) is 0 Å². The number of nitrogens with zero attached hydrogens (tertiary/aromatic N) is 3. The summed E-state index contributed by atoms with van der Waals surface area (Å²) in [6, 6.07) is 5.82. The largest absolute Gasteiger partial charge is 0.368 e. The SMILES string of the molecule is Fc1cnccc1N1CCCC(c2c[nH]c3ncccc23)C1. The molecule has 1 fully saturated rings. The number of pyridine rings is 2. The number of anilines is 1. The monoisotopic (exact) mass is 296 g/mol. The molecule has 1 N–H and O–H groups in total. The summed E-state index contributed by atoms with van der Waals surface area (Å²) in [5, 5.41) is 1.17. The Morgan fingerprint density at radius 3 is 3.14 bits per heavy atom. The van der Waals surface area contributed by atoms with Crippen molar-refractivity contribution in [3.63, 3.8) is 0 Å². The number of halogens is 1. The van der Waals surface area contributed by atoms with E-state index < -0.39 is 0 Å². The lowest BCUT2D eigenvalue weighted by Crippen LogP contribution is -2.34. The van der Waals surface area contributed by atoms with Crippen LogP contribution in [-0.4, -0.2) is 28.0 Å². The first kappa shape index (κ1) is 13.2. The van der Waals surface area contributed by atoms with Crippen molar-refractivity contribution in [2.75, 3.05) is 18.0 Å². The van der Waals surface area contributed by atoms with E-state index in [4.69, 9.17) is 0 Å². The van der Waals surface area contributed by atoms with Gasteiger partial charge in [0.15, 0.2) is 5.82 Å². The van der Waals surface area contributed by atoms with Gasteiger partial charge in [-0.25, -0.2) is 9.37 Å². The fourth-order valence-corrected chi connectivity index (χ4v) is 3.39. The Morgan fingerprint density at radius 1 is 1.27 bits per heavy atom. The van der Waals surface area contributed by atoms with Crippen molar-refractivity contribution in [3.8, 4) is 0 Å². The number of aromatic amines is 1. The van der Waals surface area contributed by atoms with Gasteiger partial charge in [-0.3, -0.25) is 4.98 Å². The molecule has 0 aliphatic carbocycles. The number of piperidine rings is 1. The van der Waals surface area contributed by atoms with E-state index in [1.807, 2.05) is 6.07 Å². The minimum atomic E-state index is -0.247. The van der Waals surface area contributed by atoms with Crippen LogP contribution in [0.4, 0.5) is 10.1 Å². The smallest absolute Gasteiger partial charge is 0.164 e. The topological polar surface area (TPSA) is 44.8 Å². The second-order valence-corrected chi connectivity index (χ2v) is 5.76. The van der Waals surface area contributed by atoms with E-state index in [9.17, 15) is 4.39 Å². The zero-order valence-corrected chi connectivity index (χ0v) is 12.2. The zero-order chi connectivity index (χ0) is 14.9. The molecule has 4 heterocycles. The maximum Gasteiger partial charge on any atom is 0.164 e. The molecule has 22 heavy (non-hydrogen) atoms. The van der Waals surface area contributed by atoms with Crippen molar-refractivity contribution >= 4 is 16.7 Å². The minimum Gasteiger partial charge on any atom is -0.368 e. The van der Waals surface area contributed by atoms with Gasteiger partial charge in [-0.05, 0) is 36.6 Å². The molecule has 112 valence electrons. The highest BCUT2D eigenvalue weighted by molar-refractivity contribution is 5.80. The van der Waals surface area contributed by atoms with Crippen LogP contribution in [0.15, 0.2) is 43.0 Å². The molecule has 4 rings (SSSR count). The Balaban J connectivity index is 1.65. The molecule has 0 radical (unpaired) electrons. The Labute approximate surface area is 128 Å². The summed E-state index contributed by atoms with van der Waals surface area (Å²) in [5.74, 6) is 0.142. The number of H-pyrrole nitrogens is 1. The molecule has 0 saturated carbocycles. The molecule has 3 aromatic heterocycles. The lowest BCUT2D eigenvalue weighted by molar-refractivity contribution is 0.502. The van der Waals surface area contributed by atoms with E-state index >= 15 is 0 Å². The van der Waals surface area contributed by atoms with Gasteiger partial charge in [0, 0.05) is 43.0 Å². The average molecular weight is 296 g/mol. The number of nitrogens with one attached hydrogen (secondary N) is 1. The van der Waals surface area contributed by atoms with Crippen molar-refractivity contribution in [1.29, 1.82) is 0 Å². The molecular weight excluding hydrogens is 279 g/mol. The van der Waals surface area contributed by atoms with Gasteiger partial charge in [0.25, 0.3) is 0 Å². The van der Waals surface area contributed by atoms with Gasteiger partial charge in [-0.2, -0.15) is 0 Å². The normalized spacial score (nSPS) is 18.8. The standard InChI is InChI=1S/C17H17FN4/c18-15-10-19-7-5-16(15)22-8-2-3-12(11-22)14-9-21-17-13(14)4-1-6-20-17/h1,4-7,9-10,12H,2-3,8,11H2,(H,20,21). The quantitative estimate of drug-likeness (QED) is 0.787. The van der Waals surface area contributed by atoms with Crippen molar-refractivity contribution in [3.05, 3.63) is 54.4 Å². The van der Waals surface area contributed by atoms with Gasteiger partial charge in [0.05, 0.1) is 11.9 Å². The van der Waals surface area contributed by atoms with E-state index in [2.05, 4.69) is 32.1 Å². The summed E-state index contributed by atoms with van der Waals surface area (Å²) in [6.45, 7) is 1.71. The predicted molar refractivity (Wildman–Crippen MR) is 84.5 cm³/mol. The molecule has 1 atom stereocenters. The van der Waals surface area contributed by atoms with E-state index in [-0.39, 0.29) is 5.82 Å². The molecule has 1 aliphatic rings. The highest BCUT2D eigenvalue weighted by atomic mass is 19.1. The van der Waals surface area contributed by atoms with E-state index in [0.29, 0.717) is 11.6 Å². The molecule has 3 aromatic rings. The number of hydrogen-bond donors (Lipinski definition) is 1. The molecule has 1 unspecified atom stereocenters. The Hall–Kier alpha value is -2.43. The third-order valence-corrected chi connectivity index (χ3v) is 4.44. The van der Waals surface area contributed by atoms with Crippen LogP contribution in [0.2, 0.25) is 0 Å². The van der Waals surface area contributed by atoms with E-state index in [0.717, 1.165) is 31.6 Å². The lowest BCUT2D eigenvalue weighted by Gasteiger charge is -2.34. The van der Waals surface area contributed by atoms with E-state index in [1.54, 1.807) is 18.5 Å². The molecule has 1 saturated heterocycles. The molecule has 0 amide bonds. The molecular formula is C17H17FN4. The maximum atomic E-state index is 14.0. The second kappa shape index (κ2) is 5.40. The van der Waals surface area contributed by atoms with Crippen LogP contribution in [0.25, 0.3) is 11.0 Å². The van der Waals surface area contributed by atoms with Crippen LogP contribution in [0.3, 0.4) is 0 Å². The van der Waals surface area contributed by atoms with Gasteiger partial charge in [-0.15, -0.1) is 0 Å². The lowest BCUT2D eigenvalue weighted by atomic mass is 9.90. The summed E-state index contributed by atoms with van der Waals surface area (Å²) in [4.78, 5) is 13.5. The molecule has 0 aromatic carbocycles. The zero-order valence-electron chi connectivity index (χ0n) is 12.2. The molecule has 1 aliphatic heterocycles. The molecule has 0 bridgehead atoms. The first-order valence-electron chi connectivity index (χ1n) is 7.59. The molecule has 4 nitrogen and oxygen atoms in total. The number of rotatable bonds is 2. The fourth-order valence-electron chi connectivity index (χ4n) is 3.39. The Bertz CT molecular complexity index is 798. The Morgan fingerprint density at radius 2 is 2.23 bits per heavy atom. The van der Waals surface area contributed by atoms with Gasteiger partial charge < -0.3 is 9.88 Å². The van der Waals surface area contributed by atoms with Crippen LogP contribution in [0, 0.1) is 5.82 Å². The van der Waals surface area contributed by atoms with Crippen molar-refractivity contribution in [2.45, 2.75) is 18.8 Å². The predicted octanol–water partition coefficient (Wildman–Crippen LogP) is 3.48. The summed E-state index contributed by atoms with van der Waals surface area (Å²) >= 11 is 0. The third-order valence-electron chi connectivity index (χ3n) is 4.44. The second-order valence-electron chi connectivity index (χ2n) is 5.76. The first-order valence-corrected chi connectivity index (χ1v) is 7.59. The van der Waals surface area contributed by atoms with Crippen LogP contribution in [0.5, 0.6) is 0 Å². The molecule has 0 spiro atoms. The van der Waals surface area contributed by atoms with Gasteiger partial charge in [0.2, 0.25) is 0 Å². The minimum absolute atomic E-state index is 0.247. The number of hydrogen-bond acceptors (Lipinski definition) is 3. The summed E-state index contributed by atoms with van der Waals surface area (Å²) in [7, 11) is 0. The van der Waals surface area contributed by atoms with E-state index in [1.165, 1.54) is 17.1 Å². The summed E-state index contributed by atoms with van der Waals surface area (Å²) in [6.07, 6.45) is 8.95. The summed E-state index contributed by atoms with van der Waals surface area (Å²) in [5.41, 5.74) is 2.85. The highest BCUT2D eigenvalue weighted by Gasteiger charge is 2.25. The average Bonchev–Trinajstić information content (AvgIpc) is 2.99. The number of fused-ring (bicyclic) bond motifs is 1.